The predicted molar refractivity (Wildman–Crippen MR) is 90.6 cm³/mol. The van der Waals surface area contributed by atoms with Gasteiger partial charge in [-0.05, 0) is 19.8 Å². The Morgan fingerprint density at radius 2 is 1.42 bits per heavy atom. The fraction of sp³-hybridized carbons (Fsp3) is 0.778. The number of unbranched alkanes of at least 4 members (excludes halogenated alkanes) is 9. The molecule has 0 heterocycles. The summed E-state index contributed by atoms with van der Waals surface area (Å²) in [6.45, 7) is 1.45. The van der Waals surface area contributed by atoms with Crippen molar-refractivity contribution in [2.75, 3.05) is 13.2 Å². The summed E-state index contributed by atoms with van der Waals surface area (Å²) in [7, 11) is 0. The van der Waals surface area contributed by atoms with Gasteiger partial charge in [0.15, 0.2) is 0 Å². The van der Waals surface area contributed by atoms with Gasteiger partial charge in [-0.3, -0.25) is 0 Å². The normalized spacial score (nSPS) is 11.5. The maximum atomic E-state index is 10.8. The number of carboxylic acid groups (broad SMARTS) is 2. The van der Waals surface area contributed by atoms with E-state index in [1.807, 2.05) is 6.92 Å². The molecule has 0 radical (unpaired) electrons. The van der Waals surface area contributed by atoms with Gasteiger partial charge in [-0.2, -0.15) is 0 Å². The Kier molecular flexibility index (Phi) is 15.2. The molecule has 2 N–H and O–H groups in total. The Morgan fingerprint density at radius 1 is 0.875 bits per heavy atom. The molecule has 0 aliphatic heterocycles. The first-order chi connectivity index (χ1) is 11.6. The van der Waals surface area contributed by atoms with E-state index in [1.54, 1.807) is 0 Å². The van der Waals surface area contributed by atoms with Crippen LogP contribution in [0.3, 0.4) is 0 Å². The van der Waals surface area contributed by atoms with E-state index in [0.717, 1.165) is 25.7 Å². The minimum Gasteiger partial charge on any atom is -0.480 e. The topological polar surface area (TPSA) is 93.1 Å². The predicted octanol–water partition coefficient (Wildman–Crippen LogP) is 3.44. The van der Waals surface area contributed by atoms with Gasteiger partial charge in [-0.15, -0.1) is 11.8 Å². The van der Waals surface area contributed by atoms with Crippen molar-refractivity contribution in [2.24, 2.45) is 0 Å². The number of rotatable bonds is 16. The van der Waals surface area contributed by atoms with Gasteiger partial charge in [0, 0.05) is 6.42 Å². The first-order valence-corrected chi connectivity index (χ1v) is 8.65. The third-order valence-electron chi connectivity index (χ3n) is 3.45. The van der Waals surface area contributed by atoms with Crippen molar-refractivity contribution in [3.8, 4) is 11.8 Å². The SMILES string of the molecule is CC#CCCCCCCCCCCCOC(OCC(=O)O)C(=O)O. The second-order valence-corrected chi connectivity index (χ2v) is 5.60. The van der Waals surface area contributed by atoms with E-state index < -0.39 is 24.8 Å². The lowest BCUT2D eigenvalue weighted by atomic mass is 10.1. The van der Waals surface area contributed by atoms with E-state index in [1.165, 1.54) is 38.5 Å². The van der Waals surface area contributed by atoms with Gasteiger partial charge in [-0.25, -0.2) is 9.59 Å². The first-order valence-electron chi connectivity index (χ1n) is 8.65. The fourth-order valence-corrected chi connectivity index (χ4v) is 2.21. The van der Waals surface area contributed by atoms with Crippen LogP contribution in [0, 0.1) is 11.8 Å². The molecule has 138 valence electrons. The summed E-state index contributed by atoms with van der Waals surface area (Å²) in [6, 6.07) is 0. The van der Waals surface area contributed by atoms with Crippen LogP contribution in [0.1, 0.15) is 71.1 Å². The molecule has 0 aromatic carbocycles. The molecule has 24 heavy (non-hydrogen) atoms. The van der Waals surface area contributed by atoms with Gasteiger partial charge in [0.25, 0.3) is 6.29 Å². The van der Waals surface area contributed by atoms with Gasteiger partial charge < -0.3 is 19.7 Å². The van der Waals surface area contributed by atoms with E-state index in [9.17, 15) is 9.59 Å². The van der Waals surface area contributed by atoms with Gasteiger partial charge in [0.05, 0.1) is 6.61 Å². The second-order valence-electron chi connectivity index (χ2n) is 5.60. The molecule has 0 saturated heterocycles. The van der Waals surface area contributed by atoms with Crippen molar-refractivity contribution in [1.82, 2.24) is 0 Å². The zero-order valence-corrected chi connectivity index (χ0v) is 14.6. The molecular weight excluding hydrogens is 312 g/mol. The average Bonchev–Trinajstić information content (AvgIpc) is 2.54. The molecule has 0 saturated carbocycles. The van der Waals surface area contributed by atoms with Crippen LogP contribution in [-0.2, 0) is 19.1 Å². The summed E-state index contributed by atoms with van der Waals surface area (Å²) in [5.41, 5.74) is 0. The van der Waals surface area contributed by atoms with Crippen LogP contribution < -0.4 is 0 Å². The third-order valence-corrected chi connectivity index (χ3v) is 3.45. The smallest absolute Gasteiger partial charge is 0.361 e. The van der Waals surface area contributed by atoms with Crippen molar-refractivity contribution in [3.63, 3.8) is 0 Å². The quantitative estimate of drug-likeness (QED) is 0.253. The molecule has 6 heteroatoms. The standard InChI is InChI=1S/C18H30O6/c1-2-3-4-5-6-7-8-9-10-11-12-13-14-23-18(17(21)22)24-15-16(19)20/h18H,4-15H2,1H3,(H,19,20)(H,21,22). The zero-order valence-electron chi connectivity index (χ0n) is 14.6. The van der Waals surface area contributed by atoms with E-state index >= 15 is 0 Å². The van der Waals surface area contributed by atoms with Crippen LogP contribution in [0.2, 0.25) is 0 Å². The third kappa shape index (κ3) is 15.3. The van der Waals surface area contributed by atoms with E-state index in [2.05, 4.69) is 16.6 Å². The summed E-state index contributed by atoms with van der Waals surface area (Å²) in [6.07, 6.45) is 9.65. The maximum Gasteiger partial charge on any atom is 0.361 e. The monoisotopic (exact) mass is 342 g/mol. The lowest BCUT2D eigenvalue weighted by Gasteiger charge is -2.13. The van der Waals surface area contributed by atoms with E-state index in [4.69, 9.17) is 14.9 Å². The summed E-state index contributed by atoms with van der Waals surface area (Å²) in [4.78, 5) is 21.1. The lowest BCUT2D eigenvalue weighted by molar-refractivity contribution is -0.193. The maximum absolute atomic E-state index is 10.8. The lowest BCUT2D eigenvalue weighted by Crippen LogP contribution is -2.29. The van der Waals surface area contributed by atoms with Crippen molar-refractivity contribution in [2.45, 2.75) is 77.4 Å². The molecule has 0 amide bonds. The zero-order chi connectivity index (χ0) is 18.0. The molecule has 0 bridgehead atoms. The molecule has 0 aliphatic carbocycles. The summed E-state index contributed by atoms with van der Waals surface area (Å²) in [5, 5.41) is 17.3. The van der Waals surface area contributed by atoms with Crippen molar-refractivity contribution in [3.05, 3.63) is 0 Å². The van der Waals surface area contributed by atoms with Crippen molar-refractivity contribution >= 4 is 11.9 Å². The van der Waals surface area contributed by atoms with E-state index in [0.29, 0.717) is 0 Å². The Hall–Kier alpha value is -1.58. The van der Waals surface area contributed by atoms with Gasteiger partial charge in [-0.1, -0.05) is 44.9 Å². The highest BCUT2D eigenvalue weighted by molar-refractivity contribution is 5.72. The molecule has 0 fully saturated rings. The Labute approximate surface area is 144 Å². The average molecular weight is 342 g/mol. The number of hydrogen-bond acceptors (Lipinski definition) is 4. The fourth-order valence-electron chi connectivity index (χ4n) is 2.21. The van der Waals surface area contributed by atoms with Crippen LogP contribution in [0.15, 0.2) is 0 Å². The molecule has 0 spiro atoms. The van der Waals surface area contributed by atoms with Crippen LogP contribution in [0.4, 0.5) is 0 Å². The number of hydrogen-bond donors (Lipinski definition) is 2. The van der Waals surface area contributed by atoms with Gasteiger partial charge in [0.2, 0.25) is 0 Å². The van der Waals surface area contributed by atoms with Crippen molar-refractivity contribution < 1.29 is 29.3 Å². The number of carbonyl (C=O) groups is 2. The van der Waals surface area contributed by atoms with Crippen LogP contribution in [-0.4, -0.2) is 41.7 Å². The number of ether oxygens (including phenoxy) is 2. The Morgan fingerprint density at radius 3 is 1.92 bits per heavy atom. The minimum atomic E-state index is -1.50. The molecule has 0 aromatic rings. The molecule has 0 aromatic heterocycles. The number of carboxylic acids is 2. The second kappa shape index (κ2) is 16.3. The molecule has 6 nitrogen and oxygen atoms in total. The Balaban J connectivity index is 3.40. The van der Waals surface area contributed by atoms with Crippen LogP contribution in [0.25, 0.3) is 0 Å². The molecule has 0 aliphatic rings. The Bertz CT molecular complexity index is 396. The summed E-state index contributed by atoms with van der Waals surface area (Å²) >= 11 is 0. The minimum absolute atomic E-state index is 0.259. The highest BCUT2D eigenvalue weighted by Crippen LogP contribution is 2.10. The van der Waals surface area contributed by atoms with E-state index in [-0.39, 0.29) is 6.61 Å². The highest BCUT2D eigenvalue weighted by Gasteiger charge is 2.19. The molecular formula is C18H30O6. The molecule has 1 unspecified atom stereocenters. The summed E-state index contributed by atoms with van der Waals surface area (Å²) in [5.74, 6) is 3.45. The number of aliphatic carboxylic acids is 2. The largest absolute Gasteiger partial charge is 0.480 e. The molecule has 1 atom stereocenters. The van der Waals surface area contributed by atoms with Crippen molar-refractivity contribution in [1.29, 1.82) is 0 Å². The van der Waals surface area contributed by atoms with Crippen LogP contribution in [0.5, 0.6) is 0 Å². The summed E-state index contributed by atoms with van der Waals surface area (Å²) < 4.78 is 9.69. The van der Waals surface area contributed by atoms with Gasteiger partial charge >= 0.3 is 11.9 Å². The highest BCUT2D eigenvalue weighted by atomic mass is 16.7. The van der Waals surface area contributed by atoms with Gasteiger partial charge in [0.1, 0.15) is 6.61 Å². The van der Waals surface area contributed by atoms with Crippen LogP contribution >= 0.6 is 0 Å². The first kappa shape index (κ1) is 22.4. The molecule has 0 rings (SSSR count).